The fourth-order valence-corrected chi connectivity index (χ4v) is 3.88. The number of hydrogen-bond acceptors (Lipinski definition) is 3. The van der Waals surface area contributed by atoms with Crippen molar-refractivity contribution in [3.05, 3.63) is 0 Å². The second kappa shape index (κ2) is 7.69. The summed E-state index contributed by atoms with van der Waals surface area (Å²) >= 11 is 0. The molecule has 17 heavy (non-hydrogen) atoms. The normalized spacial score (nSPS) is 13.9. The summed E-state index contributed by atoms with van der Waals surface area (Å²) in [4.78, 5) is 10.9. The SMILES string of the molecule is CCCCCCCS(=O)(=O)C(C(=O)O)C(C)C. The molecule has 0 aliphatic carbocycles. The van der Waals surface area contributed by atoms with Crippen LogP contribution in [-0.2, 0) is 14.6 Å². The van der Waals surface area contributed by atoms with Gasteiger partial charge in [0, 0.05) is 0 Å². The van der Waals surface area contributed by atoms with Crippen LogP contribution in [0, 0.1) is 5.92 Å². The van der Waals surface area contributed by atoms with Gasteiger partial charge in [-0.25, -0.2) is 8.42 Å². The molecule has 102 valence electrons. The van der Waals surface area contributed by atoms with Gasteiger partial charge in [-0.3, -0.25) is 4.79 Å². The van der Waals surface area contributed by atoms with E-state index < -0.39 is 21.1 Å². The van der Waals surface area contributed by atoms with Crippen LogP contribution < -0.4 is 0 Å². The molecule has 0 aliphatic heterocycles. The Kier molecular flexibility index (Phi) is 7.43. The molecular weight excluding hydrogens is 240 g/mol. The summed E-state index contributed by atoms with van der Waals surface area (Å²) < 4.78 is 23.7. The van der Waals surface area contributed by atoms with Crippen molar-refractivity contribution in [1.29, 1.82) is 0 Å². The van der Waals surface area contributed by atoms with Gasteiger partial charge in [-0.05, 0) is 12.3 Å². The third-order valence-electron chi connectivity index (χ3n) is 2.77. The van der Waals surface area contributed by atoms with Crippen LogP contribution in [0.3, 0.4) is 0 Å². The lowest BCUT2D eigenvalue weighted by atomic mass is 10.1. The summed E-state index contributed by atoms with van der Waals surface area (Å²) in [5.41, 5.74) is 0. The Hall–Kier alpha value is -0.580. The molecule has 0 amide bonds. The fourth-order valence-electron chi connectivity index (χ4n) is 1.89. The van der Waals surface area contributed by atoms with E-state index in [0.717, 1.165) is 25.7 Å². The van der Waals surface area contributed by atoms with Crippen molar-refractivity contribution in [2.75, 3.05) is 5.75 Å². The summed E-state index contributed by atoms with van der Waals surface area (Å²) in [6.07, 6.45) is 4.66. The topological polar surface area (TPSA) is 71.4 Å². The molecule has 0 aromatic carbocycles. The minimum absolute atomic E-state index is 0.00807. The molecule has 0 bridgehead atoms. The number of carboxylic acid groups (broad SMARTS) is 1. The third-order valence-corrected chi connectivity index (χ3v) is 5.15. The zero-order valence-corrected chi connectivity index (χ0v) is 11.8. The number of rotatable bonds is 9. The highest BCUT2D eigenvalue weighted by Crippen LogP contribution is 2.16. The molecule has 5 heteroatoms. The average molecular weight is 264 g/mol. The second-order valence-corrected chi connectivity index (χ2v) is 7.03. The molecule has 4 nitrogen and oxygen atoms in total. The number of carbonyl (C=O) groups is 1. The molecule has 0 radical (unpaired) electrons. The minimum atomic E-state index is -3.51. The molecule has 0 aromatic heterocycles. The van der Waals surface area contributed by atoms with Crippen LogP contribution in [0.15, 0.2) is 0 Å². The standard InChI is InChI=1S/C12H24O4S/c1-4-5-6-7-8-9-17(15,16)11(10(2)3)12(13)14/h10-11H,4-9H2,1-3H3,(H,13,14). The van der Waals surface area contributed by atoms with Gasteiger partial charge in [0.05, 0.1) is 5.75 Å². The smallest absolute Gasteiger partial charge is 0.322 e. The summed E-state index contributed by atoms with van der Waals surface area (Å²) in [6.45, 7) is 5.36. The van der Waals surface area contributed by atoms with Crippen molar-refractivity contribution in [2.24, 2.45) is 5.92 Å². The third kappa shape index (κ3) is 6.05. The summed E-state index contributed by atoms with van der Waals surface area (Å²) in [5.74, 6) is -1.62. The van der Waals surface area contributed by atoms with Gasteiger partial charge >= 0.3 is 5.97 Å². The zero-order valence-electron chi connectivity index (χ0n) is 11.0. The Balaban J connectivity index is 4.30. The Bertz CT molecular complexity index is 319. The van der Waals surface area contributed by atoms with E-state index in [2.05, 4.69) is 6.92 Å². The van der Waals surface area contributed by atoms with Crippen LogP contribution in [-0.4, -0.2) is 30.5 Å². The number of hydrogen-bond donors (Lipinski definition) is 1. The number of sulfone groups is 1. The first-order valence-electron chi connectivity index (χ1n) is 6.27. The van der Waals surface area contributed by atoms with E-state index >= 15 is 0 Å². The van der Waals surface area contributed by atoms with Crippen LogP contribution in [0.4, 0.5) is 0 Å². The van der Waals surface area contributed by atoms with Gasteiger partial charge in [-0.2, -0.15) is 0 Å². The van der Waals surface area contributed by atoms with Gasteiger partial charge in [0.2, 0.25) is 0 Å². The zero-order chi connectivity index (χ0) is 13.5. The van der Waals surface area contributed by atoms with E-state index in [4.69, 9.17) is 5.11 Å². The van der Waals surface area contributed by atoms with E-state index in [1.807, 2.05) is 0 Å². The van der Waals surface area contributed by atoms with E-state index in [0.29, 0.717) is 6.42 Å². The molecule has 1 N–H and O–H groups in total. The first-order valence-corrected chi connectivity index (χ1v) is 7.98. The van der Waals surface area contributed by atoms with Crippen molar-refractivity contribution >= 4 is 15.8 Å². The lowest BCUT2D eigenvalue weighted by Crippen LogP contribution is -2.36. The maximum Gasteiger partial charge on any atom is 0.322 e. The van der Waals surface area contributed by atoms with E-state index in [-0.39, 0.29) is 11.7 Å². The summed E-state index contributed by atoms with van der Waals surface area (Å²) in [6, 6.07) is 0. The highest BCUT2D eigenvalue weighted by atomic mass is 32.2. The van der Waals surface area contributed by atoms with Gasteiger partial charge in [-0.15, -0.1) is 0 Å². The van der Waals surface area contributed by atoms with Crippen molar-refractivity contribution in [3.8, 4) is 0 Å². The Labute approximate surface area is 104 Å². The number of carboxylic acids is 1. The van der Waals surface area contributed by atoms with Crippen LogP contribution >= 0.6 is 0 Å². The predicted molar refractivity (Wildman–Crippen MR) is 68.8 cm³/mol. The van der Waals surface area contributed by atoms with E-state index in [9.17, 15) is 13.2 Å². The first kappa shape index (κ1) is 16.4. The quantitative estimate of drug-likeness (QED) is 0.649. The van der Waals surface area contributed by atoms with Gasteiger partial charge in [0.15, 0.2) is 15.1 Å². The lowest BCUT2D eigenvalue weighted by Gasteiger charge is -2.16. The van der Waals surface area contributed by atoms with Crippen molar-refractivity contribution in [1.82, 2.24) is 0 Å². The number of aliphatic carboxylic acids is 1. The summed E-state index contributed by atoms with van der Waals surface area (Å²) in [5, 5.41) is 7.69. The number of unbranched alkanes of at least 4 members (excludes halogenated alkanes) is 4. The van der Waals surface area contributed by atoms with E-state index in [1.54, 1.807) is 13.8 Å². The van der Waals surface area contributed by atoms with Crippen molar-refractivity contribution < 1.29 is 18.3 Å². The summed E-state index contributed by atoms with van der Waals surface area (Å²) in [7, 11) is -3.51. The second-order valence-electron chi connectivity index (χ2n) is 4.78. The monoisotopic (exact) mass is 264 g/mol. The van der Waals surface area contributed by atoms with E-state index in [1.165, 1.54) is 0 Å². The molecule has 0 rings (SSSR count). The molecule has 0 saturated carbocycles. The molecule has 0 fully saturated rings. The minimum Gasteiger partial charge on any atom is -0.480 e. The van der Waals surface area contributed by atoms with Crippen molar-refractivity contribution in [2.45, 2.75) is 58.1 Å². The predicted octanol–water partition coefficient (Wildman–Crippen LogP) is 2.48. The first-order chi connectivity index (χ1) is 7.83. The van der Waals surface area contributed by atoms with Crippen LogP contribution in [0.1, 0.15) is 52.9 Å². The maximum atomic E-state index is 11.9. The molecule has 1 unspecified atom stereocenters. The molecule has 0 aromatic rings. The molecule has 0 saturated heterocycles. The maximum absolute atomic E-state index is 11.9. The highest BCUT2D eigenvalue weighted by Gasteiger charge is 2.34. The molecule has 0 spiro atoms. The van der Waals surface area contributed by atoms with Gasteiger partial charge in [-0.1, -0.05) is 46.5 Å². The highest BCUT2D eigenvalue weighted by molar-refractivity contribution is 7.92. The Morgan fingerprint density at radius 2 is 1.65 bits per heavy atom. The van der Waals surface area contributed by atoms with Crippen LogP contribution in [0.5, 0.6) is 0 Å². The molecule has 0 heterocycles. The molecular formula is C12H24O4S. The Morgan fingerprint density at radius 1 is 1.12 bits per heavy atom. The molecule has 0 aliphatic rings. The van der Waals surface area contributed by atoms with Crippen LogP contribution in [0.25, 0.3) is 0 Å². The largest absolute Gasteiger partial charge is 0.480 e. The molecule has 1 atom stereocenters. The van der Waals surface area contributed by atoms with Gasteiger partial charge in [0.25, 0.3) is 0 Å². The van der Waals surface area contributed by atoms with Crippen LogP contribution in [0.2, 0.25) is 0 Å². The average Bonchev–Trinajstić information content (AvgIpc) is 2.15. The van der Waals surface area contributed by atoms with Gasteiger partial charge in [0.1, 0.15) is 0 Å². The van der Waals surface area contributed by atoms with Crippen molar-refractivity contribution in [3.63, 3.8) is 0 Å². The Morgan fingerprint density at radius 3 is 2.06 bits per heavy atom. The fraction of sp³-hybridized carbons (Fsp3) is 0.917. The van der Waals surface area contributed by atoms with Gasteiger partial charge < -0.3 is 5.11 Å². The lowest BCUT2D eigenvalue weighted by molar-refractivity contribution is -0.137.